The molecule has 1 atom stereocenters. The molecule has 6 heteroatoms. The fraction of sp³-hybridized carbons (Fsp3) is 0.529. The predicted molar refractivity (Wildman–Crippen MR) is 92.4 cm³/mol. The normalized spacial score (nSPS) is 12.9. The minimum atomic E-state index is -0.186. The van der Waals surface area contributed by atoms with Gasteiger partial charge in [-0.15, -0.1) is 11.3 Å². The fourth-order valence-corrected chi connectivity index (χ4v) is 2.96. The third kappa shape index (κ3) is 4.58. The summed E-state index contributed by atoms with van der Waals surface area (Å²) in [6.07, 6.45) is 2.59. The largest absolute Gasteiger partial charge is 0.464 e. The zero-order chi connectivity index (χ0) is 17.0. The molecule has 0 radical (unpaired) electrons. The molecule has 0 aliphatic heterocycles. The average molecular weight is 335 g/mol. The Bertz CT molecular complexity index is 629. The molecule has 0 aliphatic rings. The lowest BCUT2D eigenvalue weighted by Gasteiger charge is -2.31. The molecule has 2 aromatic heterocycles. The molecule has 0 saturated carbocycles. The van der Waals surface area contributed by atoms with Crippen LogP contribution in [0.25, 0.3) is 0 Å². The van der Waals surface area contributed by atoms with E-state index >= 15 is 0 Å². The van der Waals surface area contributed by atoms with Gasteiger partial charge in [0.25, 0.3) is 0 Å². The minimum absolute atomic E-state index is 0.130. The average Bonchev–Trinajstić information content (AvgIpc) is 3.14. The Hall–Kier alpha value is -1.82. The number of nitrogens with zero attached hydrogens (tertiary/aromatic N) is 2. The number of aromatic nitrogens is 1. The smallest absolute Gasteiger partial charge is 0.318 e. The van der Waals surface area contributed by atoms with Crippen LogP contribution in [-0.4, -0.2) is 23.0 Å². The molecule has 23 heavy (non-hydrogen) atoms. The zero-order valence-electron chi connectivity index (χ0n) is 14.4. The number of aryl methyl sites for hydroxylation is 1. The summed E-state index contributed by atoms with van der Waals surface area (Å²) < 4.78 is 5.86. The molecule has 2 heterocycles. The molecule has 0 spiro atoms. The van der Waals surface area contributed by atoms with Crippen molar-refractivity contribution >= 4 is 17.4 Å². The summed E-state index contributed by atoms with van der Waals surface area (Å²) in [4.78, 5) is 18.4. The minimum Gasteiger partial charge on any atom is -0.464 e. The molecule has 126 valence electrons. The zero-order valence-corrected chi connectivity index (χ0v) is 15.2. The second kappa shape index (κ2) is 7.17. The number of furan rings is 1. The summed E-state index contributed by atoms with van der Waals surface area (Å²) in [5.41, 5.74) is -0.152. The van der Waals surface area contributed by atoms with E-state index in [1.807, 2.05) is 17.5 Å². The van der Waals surface area contributed by atoms with Crippen LogP contribution in [0.3, 0.4) is 0 Å². The monoisotopic (exact) mass is 335 g/mol. The van der Waals surface area contributed by atoms with Crippen molar-refractivity contribution in [3.63, 3.8) is 0 Å². The molecule has 0 aromatic carbocycles. The Morgan fingerprint density at radius 1 is 1.43 bits per heavy atom. The highest BCUT2D eigenvalue weighted by Gasteiger charge is 2.31. The number of amides is 2. The molecule has 1 N–H and O–H groups in total. The lowest BCUT2D eigenvalue weighted by Crippen LogP contribution is -2.43. The molecule has 2 rings (SSSR count). The van der Waals surface area contributed by atoms with Gasteiger partial charge in [0.15, 0.2) is 0 Å². The summed E-state index contributed by atoms with van der Waals surface area (Å²) in [5.74, 6) is 1.73. The number of hydrogen-bond donors (Lipinski definition) is 1. The predicted octanol–water partition coefficient (Wildman–Crippen LogP) is 4.23. The Morgan fingerprint density at radius 3 is 2.70 bits per heavy atom. The summed E-state index contributed by atoms with van der Waals surface area (Å²) in [6, 6.07) is 3.61. The van der Waals surface area contributed by atoms with Crippen LogP contribution in [0.1, 0.15) is 50.3 Å². The van der Waals surface area contributed by atoms with Crippen molar-refractivity contribution in [3.05, 3.63) is 40.2 Å². The van der Waals surface area contributed by atoms with E-state index in [1.165, 1.54) is 0 Å². The van der Waals surface area contributed by atoms with Gasteiger partial charge >= 0.3 is 6.03 Å². The van der Waals surface area contributed by atoms with Gasteiger partial charge in [-0.2, -0.15) is 0 Å². The number of rotatable bonds is 5. The van der Waals surface area contributed by atoms with Gasteiger partial charge < -0.3 is 14.6 Å². The molecule has 5 nitrogen and oxygen atoms in total. The molecular weight excluding hydrogens is 310 g/mol. The topological polar surface area (TPSA) is 58.4 Å². The molecule has 2 amide bonds. The molecule has 0 saturated heterocycles. The maximum atomic E-state index is 12.5. The van der Waals surface area contributed by atoms with Crippen LogP contribution in [-0.2, 0) is 13.0 Å². The summed E-state index contributed by atoms with van der Waals surface area (Å²) >= 11 is 1.54. The first-order chi connectivity index (χ1) is 10.8. The summed E-state index contributed by atoms with van der Waals surface area (Å²) in [5, 5.41) is 5.92. The maximum Gasteiger partial charge on any atom is 0.318 e. The SMILES string of the molecule is CCc1ccc([C@@H](NC(=O)N(C)Cc2nccs2)C(C)(C)C)o1. The Morgan fingerprint density at radius 2 is 2.17 bits per heavy atom. The Balaban J connectivity index is 2.09. The first-order valence-corrected chi connectivity index (χ1v) is 8.67. The van der Waals surface area contributed by atoms with E-state index in [1.54, 1.807) is 29.5 Å². The summed E-state index contributed by atoms with van der Waals surface area (Å²) in [6.45, 7) is 8.82. The van der Waals surface area contributed by atoms with Crippen molar-refractivity contribution in [2.75, 3.05) is 7.05 Å². The highest BCUT2D eigenvalue weighted by molar-refractivity contribution is 7.09. The first-order valence-electron chi connectivity index (χ1n) is 7.80. The van der Waals surface area contributed by atoms with Crippen molar-refractivity contribution in [1.82, 2.24) is 15.2 Å². The van der Waals surface area contributed by atoms with Gasteiger partial charge in [-0.1, -0.05) is 27.7 Å². The lowest BCUT2D eigenvalue weighted by molar-refractivity contribution is 0.179. The maximum absolute atomic E-state index is 12.5. The summed E-state index contributed by atoms with van der Waals surface area (Å²) in [7, 11) is 1.77. The Labute approximate surface area is 141 Å². The van der Waals surface area contributed by atoms with Crippen molar-refractivity contribution in [2.45, 2.75) is 46.7 Å². The van der Waals surface area contributed by atoms with E-state index in [0.29, 0.717) is 6.54 Å². The van der Waals surface area contributed by atoms with Crippen LogP contribution < -0.4 is 5.32 Å². The van der Waals surface area contributed by atoms with Crippen LogP contribution in [0.4, 0.5) is 4.79 Å². The Kier molecular flexibility index (Phi) is 5.46. The molecular formula is C17H25N3O2S. The van der Waals surface area contributed by atoms with Gasteiger partial charge in [0.05, 0.1) is 12.6 Å². The van der Waals surface area contributed by atoms with Crippen LogP contribution in [0.2, 0.25) is 0 Å². The van der Waals surface area contributed by atoms with E-state index in [2.05, 4.69) is 38.0 Å². The number of hydrogen-bond acceptors (Lipinski definition) is 4. The molecule has 2 aromatic rings. The second-order valence-corrected chi connectivity index (χ2v) is 7.67. The van der Waals surface area contributed by atoms with E-state index in [4.69, 9.17) is 4.42 Å². The van der Waals surface area contributed by atoms with Crippen LogP contribution in [0.5, 0.6) is 0 Å². The quantitative estimate of drug-likeness (QED) is 0.889. The van der Waals surface area contributed by atoms with Gasteiger partial charge in [-0.3, -0.25) is 0 Å². The number of urea groups is 1. The third-order valence-corrected chi connectivity index (χ3v) is 4.42. The van der Waals surface area contributed by atoms with Crippen molar-refractivity contribution in [2.24, 2.45) is 5.41 Å². The van der Waals surface area contributed by atoms with Gasteiger partial charge in [-0.05, 0) is 17.5 Å². The molecule has 0 fully saturated rings. The van der Waals surface area contributed by atoms with Crippen molar-refractivity contribution < 1.29 is 9.21 Å². The number of carbonyl (C=O) groups is 1. The lowest BCUT2D eigenvalue weighted by atomic mass is 9.85. The molecule has 0 aliphatic carbocycles. The highest BCUT2D eigenvalue weighted by Crippen LogP contribution is 2.34. The molecule has 0 bridgehead atoms. The number of carbonyl (C=O) groups excluding carboxylic acids is 1. The van der Waals surface area contributed by atoms with Crippen LogP contribution in [0.15, 0.2) is 28.1 Å². The van der Waals surface area contributed by atoms with Gasteiger partial charge in [0.1, 0.15) is 16.5 Å². The van der Waals surface area contributed by atoms with Gasteiger partial charge in [-0.25, -0.2) is 9.78 Å². The van der Waals surface area contributed by atoms with E-state index in [-0.39, 0.29) is 17.5 Å². The third-order valence-electron chi connectivity index (χ3n) is 3.65. The van der Waals surface area contributed by atoms with Crippen molar-refractivity contribution in [3.8, 4) is 0 Å². The van der Waals surface area contributed by atoms with Crippen LogP contribution >= 0.6 is 11.3 Å². The van der Waals surface area contributed by atoms with Crippen molar-refractivity contribution in [1.29, 1.82) is 0 Å². The molecule has 0 unspecified atom stereocenters. The standard InChI is InChI=1S/C17H25N3O2S/c1-6-12-7-8-13(22-12)15(17(2,3)4)19-16(21)20(5)11-14-18-9-10-23-14/h7-10,15H,6,11H2,1-5H3,(H,19,21)/t15-/m1/s1. The van der Waals surface area contributed by atoms with E-state index in [9.17, 15) is 4.79 Å². The van der Waals surface area contributed by atoms with Crippen LogP contribution in [0, 0.1) is 5.41 Å². The first kappa shape index (κ1) is 17.5. The number of nitrogens with one attached hydrogen (secondary N) is 1. The van der Waals surface area contributed by atoms with E-state index < -0.39 is 0 Å². The fourth-order valence-electron chi connectivity index (χ4n) is 2.29. The van der Waals surface area contributed by atoms with E-state index in [0.717, 1.165) is 22.9 Å². The van der Waals surface area contributed by atoms with Gasteiger partial charge in [0, 0.05) is 25.0 Å². The highest BCUT2D eigenvalue weighted by atomic mass is 32.1. The van der Waals surface area contributed by atoms with Gasteiger partial charge in [0.2, 0.25) is 0 Å². The second-order valence-electron chi connectivity index (χ2n) is 6.69. The number of thiazole rings is 1.